The third-order valence-corrected chi connectivity index (χ3v) is 7.55. The van der Waals surface area contributed by atoms with Crippen LogP contribution in [0.2, 0.25) is 5.02 Å². The lowest BCUT2D eigenvalue weighted by Gasteiger charge is -2.21. The number of aromatic nitrogens is 2. The molecule has 2 heterocycles. The van der Waals surface area contributed by atoms with Crippen LogP contribution in [0.1, 0.15) is 45.0 Å². The van der Waals surface area contributed by atoms with Crippen molar-refractivity contribution < 1.29 is 17.7 Å². The predicted octanol–water partition coefficient (Wildman–Crippen LogP) is 4.90. The fraction of sp³-hybridized carbons (Fsp3) is 0.348. The number of nitrogens with one attached hydrogen (secondary N) is 1. The summed E-state index contributed by atoms with van der Waals surface area (Å²) in [6, 6.07) is 12.7. The van der Waals surface area contributed by atoms with Crippen molar-refractivity contribution in [1.29, 1.82) is 0 Å². The highest BCUT2D eigenvalue weighted by Gasteiger charge is 2.39. The van der Waals surface area contributed by atoms with Gasteiger partial charge in [0.05, 0.1) is 4.90 Å². The predicted molar refractivity (Wildman–Crippen MR) is 125 cm³/mol. The van der Waals surface area contributed by atoms with E-state index in [1.54, 1.807) is 36.4 Å². The first-order valence-electron chi connectivity index (χ1n) is 10.8. The highest BCUT2D eigenvalue weighted by atomic mass is 35.5. The summed E-state index contributed by atoms with van der Waals surface area (Å²) in [5, 5.41) is 7.41. The summed E-state index contributed by atoms with van der Waals surface area (Å²) in [7, 11) is -3.79. The number of nitrogens with zero attached hydrogens (tertiary/aromatic N) is 3. The summed E-state index contributed by atoms with van der Waals surface area (Å²) in [6.45, 7) is 4.28. The molecule has 1 fully saturated rings. The van der Waals surface area contributed by atoms with Gasteiger partial charge >= 0.3 is 0 Å². The van der Waals surface area contributed by atoms with E-state index in [1.807, 2.05) is 13.8 Å². The Bertz CT molecular complexity index is 1220. The molecular weight excluding hydrogens is 464 g/mol. The second-order valence-electron chi connectivity index (χ2n) is 8.41. The molecule has 1 N–H and O–H groups in total. The second-order valence-corrected chi connectivity index (χ2v) is 10.7. The molecule has 1 atom stereocenters. The number of benzene rings is 2. The van der Waals surface area contributed by atoms with Crippen LogP contribution < -0.4 is 5.32 Å². The van der Waals surface area contributed by atoms with E-state index >= 15 is 0 Å². The zero-order valence-electron chi connectivity index (χ0n) is 18.4. The number of rotatable bonds is 7. The van der Waals surface area contributed by atoms with Crippen LogP contribution in [-0.4, -0.2) is 35.3 Å². The van der Waals surface area contributed by atoms with Crippen LogP contribution in [0, 0.1) is 5.92 Å². The van der Waals surface area contributed by atoms with Crippen LogP contribution in [0.15, 0.2) is 57.9 Å². The largest absolute Gasteiger partial charge is 0.337 e. The molecule has 0 unspecified atom stereocenters. The van der Waals surface area contributed by atoms with Crippen LogP contribution in [0.5, 0.6) is 0 Å². The first-order chi connectivity index (χ1) is 15.7. The van der Waals surface area contributed by atoms with Gasteiger partial charge in [0.2, 0.25) is 27.6 Å². The van der Waals surface area contributed by atoms with Gasteiger partial charge in [-0.25, -0.2) is 8.42 Å². The lowest BCUT2D eigenvalue weighted by Crippen LogP contribution is -2.30. The number of anilines is 1. The molecule has 1 saturated heterocycles. The maximum Gasteiger partial charge on any atom is 0.245 e. The van der Waals surface area contributed by atoms with Gasteiger partial charge in [0, 0.05) is 29.2 Å². The normalized spacial score (nSPS) is 16.9. The van der Waals surface area contributed by atoms with Crippen molar-refractivity contribution in [1.82, 2.24) is 14.4 Å². The Morgan fingerprint density at radius 2 is 1.88 bits per heavy atom. The van der Waals surface area contributed by atoms with E-state index in [0.29, 0.717) is 42.3 Å². The average molecular weight is 489 g/mol. The molecule has 0 saturated carbocycles. The summed E-state index contributed by atoms with van der Waals surface area (Å²) < 4.78 is 33.5. The minimum atomic E-state index is -3.79. The molecule has 174 valence electrons. The van der Waals surface area contributed by atoms with Crippen LogP contribution in [0.4, 0.5) is 5.69 Å². The average Bonchev–Trinajstić information content (AvgIpc) is 3.44. The Balaban J connectivity index is 1.52. The Labute approximate surface area is 198 Å². The first-order valence-corrected chi connectivity index (χ1v) is 12.6. The molecule has 0 bridgehead atoms. The van der Waals surface area contributed by atoms with E-state index < -0.39 is 16.1 Å². The van der Waals surface area contributed by atoms with Gasteiger partial charge in [-0.15, -0.1) is 0 Å². The highest BCUT2D eigenvalue weighted by Crippen LogP contribution is 2.36. The minimum absolute atomic E-state index is 0.104. The van der Waals surface area contributed by atoms with Gasteiger partial charge in [0.25, 0.3) is 0 Å². The molecule has 1 aliphatic heterocycles. The van der Waals surface area contributed by atoms with Gasteiger partial charge in [-0.2, -0.15) is 9.29 Å². The van der Waals surface area contributed by atoms with Gasteiger partial charge in [-0.1, -0.05) is 30.6 Å². The maximum absolute atomic E-state index is 13.3. The van der Waals surface area contributed by atoms with E-state index in [9.17, 15) is 13.2 Å². The third-order valence-electron chi connectivity index (χ3n) is 5.37. The number of carbonyl (C=O) groups excluding carboxylic acids is 1. The van der Waals surface area contributed by atoms with Crippen LogP contribution in [0.25, 0.3) is 11.4 Å². The summed E-state index contributed by atoms with van der Waals surface area (Å²) in [5.41, 5.74) is 1.29. The minimum Gasteiger partial charge on any atom is -0.337 e. The number of carbonyl (C=O) groups is 1. The number of sulfonamides is 1. The maximum atomic E-state index is 13.3. The zero-order valence-corrected chi connectivity index (χ0v) is 19.9. The van der Waals surface area contributed by atoms with Gasteiger partial charge in [0.1, 0.15) is 6.04 Å². The quantitative estimate of drug-likeness (QED) is 0.507. The number of hydrogen-bond acceptors (Lipinski definition) is 6. The Hall–Kier alpha value is -2.75. The Morgan fingerprint density at radius 1 is 1.18 bits per heavy atom. The molecule has 0 radical (unpaired) electrons. The molecule has 1 aromatic heterocycles. The molecule has 10 heteroatoms. The summed E-state index contributed by atoms with van der Waals surface area (Å²) in [5.74, 6) is 0.778. The SMILES string of the molecule is CC(C)CC(=O)Nc1ccc(S(=O)(=O)N2CCC[C@H]2c2nc(-c3ccc(Cl)cc3)no2)cc1. The molecule has 4 rings (SSSR count). The molecular formula is C23H25ClN4O4S. The topological polar surface area (TPSA) is 105 Å². The van der Waals surface area contributed by atoms with Gasteiger partial charge in [-0.3, -0.25) is 4.79 Å². The Morgan fingerprint density at radius 3 is 2.55 bits per heavy atom. The van der Waals surface area contributed by atoms with Crippen LogP contribution in [0.3, 0.4) is 0 Å². The Kier molecular flexibility index (Phi) is 6.83. The van der Waals surface area contributed by atoms with Crippen molar-refractivity contribution in [2.24, 2.45) is 5.92 Å². The first kappa shape index (κ1) is 23.4. The molecule has 8 nitrogen and oxygen atoms in total. The number of amides is 1. The van der Waals surface area contributed by atoms with Crippen LogP contribution >= 0.6 is 11.6 Å². The van der Waals surface area contributed by atoms with Gasteiger partial charge in [-0.05, 0) is 67.3 Å². The molecule has 1 amide bonds. The van der Waals surface area contributed by atoms with Gasteiger partial charge < -0.3 is 9.84 Å². The van der Waals surface area contributed by atoms with E-state index in [4.69, 9.17) is 16.1 Å². The van der Waals surface area contributed by atoms with E-state index in [1.165, 1.54) is 16.4 Å². The lowest BCUT2D eigenvalue weighted by molar-refractivity contribution is -0.116. The standard InChI is InChI=1S/C23H25ClN4O4S/c1-15(2)14-21(29)25-18-9-11-19(12-10-18)33(30,31)28-13-3-4-20(28)23-26-22(27-32-23)16-5-7-17(24)8-6-16/h5-12,15,20H,3-4,13-14H2,1-2H3,(H,25,29)/t20-/m0/s1. The van der Waals surface area contributed by atoms with Crippen molar-refractivity contribution in [3.8, 4) is 11.4 Å². The number of halogens is 1. The van der Waals surface area contributed by atoms with E-state index in [2.05, 4.69) is 15.5 Å². The molecule has 3 aromatic rings. The van der Waals surface area contributed by atoms with Crippen molar-refractivity contribution in [3.63, 3.8) is 0 Å². The smallest absolute Gasteiger partial charge is 0.245 e. The fourth-order valence-corrected chi connectivity index (χ4v) is 5.57. The lowest BCUT2D eigenvalue weighted by atomic mass is 10.1. The third kappa shape index (κ3) is 5.26. The monoisotopic (exact) mass is 488 g/mol. The summed E-state index contributed by atoms with van der Waals surface area (Å²) in [6.07, 6.45) is 1.68. The van der Waals surface area contributed by atoms with Gasteiger partial charge in [0.15, 0.2) is 0 Å². The fourth-order valence-electron chi connectivity index (χ4n) is 3.79. The van der Waals surface area contributed by atoms with Crippen LogP contribution in [-0.2, 0) is 14.8 Å². The molecule has 2 aromatic carbocycles. The van der Waals surface area contributed by atoms with Crippen molar-refractivity contribution in [2.75, 3.05) is 11.9 Å². The number of hydrogen-bond donors (Lipinski definition) is 1. The van der Waals surface area contributed by atoms with Crippen molar-refractivity contribution in [3.05, 3.63) is 59.4 Å². The van der Waals surface area contributed by atoms with E-state index in [-0.39, 0.29) is 22.6 Å². The zero-order chi connectivity index (χ0) is 23.6. The highest BCUT2D eigenvalue weighted by molar-refractivity contribution is 7.89. The molecule has 0 aliphatic carbocycles. The summed E-state index contributed by atoms with van der Waals surface area (Å²) >= 11 is 5.93. The summed E-state index contributed by atoms with van der Waals surface area (Å²) in [4.78, 5) is 16.6. The second kappa shape index (κ2) is 9.62. The van der Waals surface area contributed by atoms with Crippen molar-refractivity contribution in [2.45, 2.75) is 44.0 Å². The van der Waals surface area contributed by atoms with E-state index in [0.717, 1.165) is 5.56 Å². The molecule has 1 aliphatic rings. The molecule has 33 heavy (non-hydrogen) atoms. The molecule has 0 spiro atoms. The van der Waals surface area contributed by atoms with Crippen molar-refractivity contribution >= 4 is 33.2 Å².